The van der Waals surface area contributed by atoms with Gasteiger partial charge in [-0.2, -0.15) is 0 Å². The van der Waals surface area contributed by atoms with Gasteiger partial charge >= 0.3 is 0 Å². The molecule has 1 aromatic heterocycles. The number of rotatable bonds is 7. The molecule has 0 radical (unpaired) electrons. The van der Waals surface area contributed by atoms with Crippen LogP contribution < -0.4 is 4.90 Å². The van der Waals surface area contributed by atoms with Crippen molar-refractivity contribution in [2.45, 2.75) is 20.3 Å². The number of anilines is 1. The highest BCUT2D eigenvalue weighted by Crippen LogP contribution is 2.26. The highest BCUT2D eigenvalue weighted by Gasteiger charge is 2.12. The summed E-state index contributed by atoms with van der Waals surface area (Å²) in [6, 6.07) is 12.3. The first-order chi connectivity index (χ1) is 13.8. The molecule has 0 fully saturated rings. The fourth-order valence-electron chi connectivity index (χ4n) is 3.28. The Morgan fingerprint density at radius 2 is 1.72 bits per heavy atom. The fraction of sp³-hybridized carbons (Fsp3) is 0.333. The third kappa shape index (κ3) is 5.34. The predicted octanol–water partition coefficient (Wildman–Crippen LogP) is 5.46. The third-order valence-corrected chi connectivity index (χ3v) is 5.41. The molecule has 0 saturated heterocycles. The van der Waals surface area contributed by atoms with Gasteiger partial charge in [-0.05, 0) is 75.8 Å². The molecule has 0 aliphatic carbocycles. The molecule has 152 valence electrons. The summed E-state index contributed by atoms with van der Waals surface area (Å²) in [5, 5.41) is 1.86. The van der Waals surface area contributed by atoms with Gasteiger partial charge in [0, 0.05) is 24.0 Å². The molecule has 0 aliphatic heterocycles. The average molecular weight is 409 g/mol. The van der Waals surface area contributed by atoms with Crippen molar-refractivity contribution in [3.63, 3.8) is 0 Å². The van der Waals surface area contributed by atoms with E-state index in [2.05, 4.69) is 62.1 Å². The minimum atomic E-state index is 0.706. The lowest BCUT2D eigenvalue weighted by atomic mass is 10.1. The van der Waals surface area contributed by atoms with E-state index in [1.807, 2.05) is 31.2 Å². The van der Waals surface area contributed by atoms with Crippen LogP contribution in [0.4, 0.5) is 5.82 Å². The normalized spacial score (nSPS) is 11.7. The first-order valence-corrected chi connectivity index (χ1v) is 10.3. The molecule has 4 nitrogen and oxygen atoms in total. The summed E-state index contributed by atoms with van der Waals surface area (Å²) >= 11 is 6.26. The van der Waals surface area contributed by atoms with Gasteiger partial charge in [0.1, 0.15) is 5.82 Å². The van der Waals surface area contributed by atoms with E-state index in [-0.39, 0.29) is 0 Å². The summed E-state index contributed by atoms with van der Waals surface area (Å²) in [6.45, 7) is 6.09. The van der Waals surface area contributed by atoms with E-state index in [0.29, 0.717) is 5.82 Å². The van der Waals surface area contributed by atoms with Crippen molar-refractivity contribution in [2.24, 2.45) is 0 Å². The van der Waals surface area contributed by atoms with Gasteiger partial charge in [0.25, 0.3) is 0 Å². The summed E-state index contributed by atoms with van der Waals surface area (Å²) in [7, 11) is 6.31. The molecule has 3 rings (SSSR count). The van der Waals surface area contributed by atoms with E-state index in [4.69, 9.17) is 21.6 Å². The molecule has 0 aliphatic rings. The molecular formula is C24H29ClN4. The van der Waals surface area contributed by atoms with E-state index in [0.717, 1.165) is 57.9 Å². The Morgan fingerprint density at radius 3 is 2.45 bits per heavy atom. The molecule has 5 heteroatoms. The molecule has 3 aromatic rings. The van der Waals surface area contributed by atoms with Crippen LogP contribution in [0.2, 0.25) is 5.02 Å². The Balaban J connectivity index is 1.96. The number of hydrogen-bond acceptors (Lipinski definition) is 4. The highest BCUT2D eigenvalue weighted by atomic mass is 35.5. The third-order valence-electron chi connectivity index (χ3n) is 5.01. The van der Waals surface area contributed by atoms with Gasteiger partial charge in [0.05, 0.1) is 5.52 Å². The lowest BCUT2D eigenvalue weighted by molar-refractivity contribution is 0.401. The van der Waals surface area contributed by atoms with Crippen molar-refractivity contribution in [3.05, 3.63) is 63.9 Å². The minimum Gasteiger partial charge on any atom is -0.359 e. The molecule has 0 bridgehead atoms. The van der Waals surface area contributed by atoms with Gasteiger partial charge in [-0.25, -0.2) is 9.97 Å². The van der Waals surface area contributed by atoms with Crippen molar-refractivity contribution in [1.82, 2.24) is 14.9 Å². The number of benzene rings is 2. The van der Waals surface area contributed by atoms with Gasteiger partial charge in [-0.3, -0.25) is 0 Å². The van der Waals surface area contributed by atoms with Crippen molar-refractivity contribution in [1.29, 1.82) is 0 Å². The SMILES string of the molecule is Cc1ccc(/C=C/c2nc(N(C)CCCN(C)C)c3cccc(C)c3n2)cc1Cl. The Kier molecular flexibility index (Phi) is 6.88. The molecule has 0 unspecified atom stereocenters. The van der Waals surface area contributed by atoms with E-state index >= 15 is 0 Å². The van der Waals surface area contributed by atoms with Crippen molar-refractivity contribution in [3.8, 4) is 0 Å². The molecule has 0 atom stereocenters. The molecule has 29 heavy (non-hydrogen) atoms. The molecule has 0 spiro atoms. The zero-order valence-corrected chi connectivity index (χ0v) is 18.7. The first kappa shape index (κ1) is 21.3. The van der Waals surface area contributed by atoms with Gasteiger partial charge in [-0.1, -0.05) is 41.9 Å². The first-order valence-electron chi connectivity index (χ1n) is 9.92. The molecule has 1 heterocycles. The monoisotopic (exact) mass is 408 g/mol. The van der Waals surface area contributed by atoms with E-state index in [1.54, 1.807) is 0 Å². The summed E-state index contributed by atoms with van der Waals surface area (Å²) in [4.78, 5) is 14.1. The number of hydrogen-bond donors (Lipinski definition) is 0. The maximum Gasteiger partial charge on any atom is 0.154 e. The number of fused-ring (bicyclic) bond motifs is 1. The van der Waals surface area contributed by atoms with Crippen LogP contribution in [0.15, 0.2) is 36.4 Å². The Bertz CT molecular complexity index is 1030. The second kappa shape index (κ2) is 9.38. The average Bonchev–Trinajstić information content (AvgIpc) is 2.68. The summed E-state index contributed by atoms with van der Waals surface area (Å²) in [5.74, 6) is 1.68. The Morgan fingerprint density at radius 1 is 0.931 bits per heavy atom. The number of para-hydroxylation sites is 1. The van der Waals surface area contributed by atoms with Gasteiger partial charge in [-0.15, -0.1) is 0 Å². The molecular weight excluding hydrogens is 380 g/mol. The van der Waals surface area contributed by atoms with E-state index < -0.39 is 0 Å². The number of aryl methyl sites for hydroxylation is 2. The number of aromatic nitrogens is 2. The van der Waals surface area contributed by atoms with Crippen LogP contribution in [0.25, 0.3) is 23.1 Å². The van der Waals surface area contributed by atoms with Crippen LogP contribution in [0.3, 0.4) is 0 Å². The standard InChI is InChI=1S/C24H29ClN4/c1-17-10-11-19(16-21(17)25)12-13-22-26-23-18(2)8-6-9-20(23)24(27-22)29(5)15-7-14-28(3)4/h6,8-13,16H,7,14-15H2,1-5H3/b13-12+. The largest absolute Gasteiger partial charge is 0.359 e. The van der Waals surface area contributed by atoms with Crippen LogP contribution in [-0.2, 0) is 0 Å². The van der Waals surface area contributed by atoms with Gasteiger partial charge in [0.2, 0.25) is 0 Å². The maximum absolute atomic E-state index is 6.26. The quantitative estimate of drug-likeness (QED) is 0.519. The molecule has 0 saturated carbocycles. The molecule has 0 amide bonds. The van der Waals surface area contributed by atoms with Crippen LogP contribution in [0.5, 0.6) is 0 Å². The predicted molar refractivity (Wildman–Crippen MR) is 126 cm³/mol. The van der Waals surface area contributed by atoms with E-state index in [9.17, 15) is 0 Å². The minimum absolute atomic E-state index is 0.706. The topological polar surface area (TPSA) is 32.3 Å². The van der Waals surface area contributed by atoms with Crippen molar-refractivity contribution in [2.75, 3.05) is 39.1 Å². The smallest absolute Gasteiger partial charge is 0.154 e. The second-order valence-electron chi connectivity index (χ2n) is 7.80. The van der Waals surface area contributed by atoms with Crippen molar-refractivity contribution >= 4 is 40.5 Å². The van der Waals surface area contributed by atoms with Crippen LogP contribution in [0.1, 0.15) is 28.9 Å². The molecule has 0 N–H and O–H groups in total. The number of nitrogens with zero attached hydrogens (tertiary/aromatic N) is 4. The van der Waals surface area contributed by atoms with E-state index in [1.165, 1.54) is 0 Å². The summed E-state index contributed by atoms with van der Waals surface area (Å²) < 4.78 is 0. The molecule has 2 aromatic carbocycles. The Labute approximate surface area is 178 Å². The zero-order chi connectivity index (χ0) is 21.0. The highest BCUT2D eigenvalue weighted by molar-refractivity contribution is 6.31. The van der Waals surface area contributed by atoms with Crippen LogP contribution in [-0.4, -0.2) is 49.1 Å². The van der Waals surface area contributed by atoms with Gasteiger partial charge in [0.15, 0.2) is 5.82 Å². The summed E-state index contributed by atoms with van der Waals surface area (Å²) in [6.07, 6.45) is 5.05. The van der Waals surface area contributed by atoms with Crippen LogP contribution >= 0.6 is 11.6 Å². The fourth-order valence-corrected chi connectivity index (χ4v) is 3.46. The number of halogens is 1. The van der Waals surface area contributed by atoms with Crippen molar-refractivity contribution < 1.29 is 0 Å². The maximum atomic E-state index is 6.26. The summed E-state index contributed by atoms with van der Waals surface area (Å²) in [5.41, 5.74) is 4.26. The lowest BCUT2D eigenvalue weighted by Gasteiger charge is -2.21. The second-order valence-corrected chi connectivity index (χ2v) is 8.20. The van der Waals surface area contributed by atoms with Crippen LogP contribution in [0, 0.1) is 13.8 Å². The zero-order valence-electron chi connectivity index (χ0n) is 17.9. The Hall–Kier alpha value is -2.43. The lowest BCUT2D eigenvalue weighted by Crippen LogP contribution is -2.24. The van der Waals surface area contributed by atoms with Gasteiger partial charge < -0.3 is 9.80 Å².